The quantitative estimate of drug-likeness (QED) is 0.552. The third kappa shape index (κ3) is 5.28. The Balaban J connectivity index is 1.58. The van der Waals surface area contributed by atoms with Crippen molar-refractivity contribution in [2.24, 2.45) is 0 Å². The molecule has 2 aromatic carbocycles. The fourth-order valence-corrected chi connectivity index (χ4v) is 4.69. The molecular weight excluding hydrogens is 406 g/mol. The van der Waals surface area contributed by atoms with E-state index >= 15 is 0 Å². The minimum Gasteiger partial charge on any atom is -0.378 e. The highest BCUT2D eigenvalue weighted by Crippen LogP contribution is 2.29. The first kappa shape index (κ1) is 21.4. The minimum atomic E-state index is 0.0654. The molecular formula is C24H29N5OS. The molecule has 0 aliphatic heterocycles. The van der Waals surface area contributed by atoms with Crippen LogP contribution in [-0.2, 0) is 4.79 Å². The number of nitrogens with one attached hydrogen (secondary N) is 1. The molecule has 4 rings (SSSR count). The maximum atomic E-state index is 12.5. The topological polar surface area (TPSA) is 63.1 Å². The Morgan fingerprint density at radius 1 is 1.06 bits per heavy atom. The number of carbonyl (C=O) groups is 1. The van der Waals surface area contributed by atoms with E-state index in [-0.39, 0.29) is 5.91 Å². The predicted molar refractivity (Wildman–Crippen MR) is 127 cm³/mol. The molecule has 6 nitrogen and oxygen atoms in total. The van der Waals surface area contributed by atoms with Crippen molar-refractivity contribution in [2.45, 2.75) is 43.3 Å². The van der Waals surface area contributed by atoms with Gasteiger partial charge in [-0.05, 0) is 37.1 Å². The Morgan fingerprint density at radius 3 is 2.58 bits per heavy atom. The van der Waals surface area contributed by atoms with E-state index in [1.807, 2.05) is 61.1 Å². The highest BCUT2D eigenvalue weighted by Gasteiger charge is 2.19. The predicted octanol–water partition coefficient (Wildman–Crippen LogP) is 4.54. The minimum absolute atomic E-state index is 0.0654. The van der Waals surface area contributed by atoms with Gasteiger partial charge in [0, 0.05) is 37.1 Å². The van der Waals surface area contributed by atoms with E-state index in [1.54, 1.807) is 0 Å². The highest BCUT2D eigenvalue weighted by molar-refractivity contribution is 7.99. The zero-order valence-electron chi connectivity index (χ0n) is 18.1. The molecule has 1 heterocycles. The number of amides is 1. The molecule has 3 aromatic rings. The summed E-state index contributed by atoms with van der Waals surface area (Å²) in [7, 11) is 4.04. The number of nitrogens with zero attached hydrogens (tertiary/aromatic N) is 4. The normalized spacial score (nSPS) is 14.4. The Kier molecular flexibility index (Phi) is 6.92. The van der Waals surface area contributed by atoms with E-state index in [0.717, 1.165) is 40.8 Å². The Morgan fingerprint density at radius 2 is 1.84 bits per heavy atom. The number of anilines is 1. The molecule has 1 aromatic heterocycles. The summed E-state index contributed by atoms with van der Waals surface area (Å²) in [5, 5.41) is 12.8. The molecule has 0 spiro atoms. The van der Waals surface area contributed by atoms with Crippen molar-refractivity contribution in [2.75, 3.05) is 24.7 Å². The summed E-state index contributed by atoms with van der Waals surface area (Å²) >= 11 is 1.43. The van der Waals surface area contributed by atoms with E-state index < -0.39 is 0 Å². The lowest BCUT2D eigenvalue weighted by atomic mass is 9.95. The monoisotopic (exact) mass is 435 g/mol. The number of rotatable bonds is 7. The number of aromatic nitrogens is 3. The molecule has 1 fully saturated rings. The van der Waals surface area contributed by atoms with Crippen LogP contribution in [0.3, 0.4) is 0 Å². The number of hydrogen-bond donors (Lipinski definition) is 1. The first-order valence-electron chi connectivity index (χ1n) is 10.8. The average Bonchev–Trinajstić information content (AvgIpc) is 3.23. The van der Waals surface area contributed by atoms with Crippen molar-refractivity contribution in [1.29, 1.82) is 0 Å². The second-order valence-electron chi connectivity index (χ2n) is 8.11. The lowest BCUT2D eigenvalue weighted by Crippen LogP contribution is -2.37. The van der Waals surface area contributed by atoms with Gasteiger partial charge in [-0.1, -0.05) is 61.4 Å². The van der Waals surface area contributed by atoms with Crippen LogP contribution in [0.25, 0.3) is 17.1 Å². The van der Waals surface area contributed by atoms with Crippen LogP contribution in [-0.4, -0.2) is 46.6 Å². The van der Waals surface area contributed by atoms with E-state index in [4.69, 9.17) is 0 Å². The van der Waals surface area contributed by atoms with Crippen LogP contribution in [0.15, 0.2) is 59.8 Å². The van der Waals surface area contributed by atoms with Crippen molar-refractivity contribution < 1.29 is 4.79 Å². The maximum Gasteiger partial charge on any atom is 0.230 e. The van der Waals surface area contributed by atoms with Gasteiger partial charge in [0.05, 0.1) is 5.75 Å². The third-order valence-corrected chi connectivity index (χ3v) is 6.50. The maximum absolute atomic E-state index is 12.5. The van der Waals surface area contributed by atoms with Crippen molar-refractivity contribution in [3.63, 3.8) is 0 Å². The molecule has 0 radical (unpaired) electrons. The largest absolute Gasteiger partial charge is 0.378 e. The Hall–Kier alpha value is -2.80. The molecule has 7 heteroatoms. The SMILES string of the molecule is CN(C)c1cccc(-c2nnc(SCC(=O)NC3CCCCC3)n2-c2ccccc2)c1. The van der Waals surface area contributed by atoms with Gasteiger partial charge < -0.3 is 10.2 Å². The van der Waals surface area contributed by atoms with E-state index in [2.05, 4.69) is 32.5 Å². The van der Waals surface area contributed by atoms with Crippen molar-refractivity contribution in [3.05, 3.63) is 54.6 Å². The Bertz CT molecular complexity index is 1010. The molecule has 1 aliphatic rings. The summed E-state index contributed by atoms with van der Waals surface area (Å²) in [6.45, 7) is 0. The van der Waals surface area contributed by atoms with E-state index in [9.17, 15) is 4.79 Å². The van der Waals surface area contributed by atoms with Crippen LogP contribution >= 0.6 is 11.8 Å². The molecule has 1 N–H and O–H groups in total. The summed E-state index contributed by atoms with van der Waals surface area (Å²) in [4.78, 5) is 14.6. The van der Waals surface area contributed by atoms with E-state index in [1.165, 1.54) is 31.0 Å². The van der Waals surface area contributed by atoms with Gasteiger partial charge in [-0.2, -0.15) is 0 Å². The van der Waals surface area contributed by atoms with Gasteiger partial charge in [0.15, 0.2) is 11.0 Å². The molecule has 31 heavy (non-hydrogen) atoms. The van der Waals surface area contributed by atoms with Crippen molar-refractivity contribution >= 4 is 23.4 Å². The van der Waals surface area contributed by atoms with Crippen LogP contribution in [0.2, 0.25) is 0 Å². The summed E-state index contributed by atoms with van der Waals surface area (Å²) in [5.74, 6) is 1.17. The number of para-hydroxylation sites is 1. The van der Waals surface area contributed by atoms with Crippen LogP contribution in [0.1, 0.15) is 32.1 Å². The highest BCUT2D eigenvalue weighted by atomic mass is 32.2. The molecule has 0 saturated heterocycles. The Labute approximate surface area is 188 Å². The first-order chi connectivity index (χ1) is 15.1. The van der Waals surface area contributed by atoms with Gasteiger partial charge in [-0.3, -0.25) is 9.36 Å². The van der Waals surface area contributed by atoms with Gasteiger partial charge in [-0.15, -0.1) is 10.2 Å². The van der Waals surface area contributed by atoms with Crippen LogP contribution in [0, 0.1) is 0 Å². The smallest absolute Gasteiger partial charge is 0.230 e. The number of thioether (sulfide) groups is 1. The fraction of sp³-hybridized carbons (Fsp3) is 0.375. The second-order valence-corrected chi connectivity index (χ2v) is 9.06. The lowest BCUT2D eigenvalue weighted by Gasteiger charge is -2.22. The summed E-state index contributed by atoms with van der Waals surface area (Å²) < 4.78 is 2.04. The number of benzene rings is 2. The summed E-state index contributed by atoms with van der Waals surface area (Å²) in [6.07, 6.45) is 5.86. The van der Waals surface area contributed by atoms with E-state index in [0.29, 0.717) is 11.8 Å². The van der Waals surface area contributed by atoms with Crippen LogP contribution in [0.5, 0.6) is 0 Å². The third-order valence-electron chi connectivity index (χ3n) is 5.57. The van der Waals surface area contributed by atoms with Crippen LogP contribution in [0.4, 0.5) is 5.69 Å². The molecule has 0 unspecified atom stereocenters. The van der Waals surface area contributed by atoms with Crippen molar-refractivity contribution in [1.82, 2.24) is 20.1 Å². The fourth-order valence-electron chi connectivity index (χ4n) is 3.93. The van der Waals surface area contributed by atoms with Crippen molar-refractivity contribution in [3.8, 4) is 17.1 Å². The first-order valence-corrected chi connectivity index (χ1v) is 11.8. The number of hydrogen-bond acceptors (Lipinski definition) is 5. The second kappa shape index (κ2) is 10.0. The van der Waals surface area contributed by atoms with Gasteiger partial charge in [-0.25, -0.2) is 0 Å². The molecule has 0 atom stereocenters. The van der Waals surface area contributed by atoms with Gasteiger partial charge in [0.2, 0.25) is 5.91 Å². The zero-order valence-corrected chi connectivity index (χ0v) is 18.9. The molecule has 1 aliphatic carbocycles. The molecule has 0 bridgehead atoms. The summed E-state index contributed by atoms with van der Waals surface area (Å²) in [6, 6.07) is 18.6. The molecule has 162 valence electrons. The number of carbonyl (C=O) groups excluding carboxylic acids is 1. The molecule has 1 amide bonds. The van der Waals surface area contributed by atoms with Gasteiger partial charge in [0.1, 0.15) is 0 Å². The van der Waals surface area contributed by atoms with Gasteiger partial charge >= 0.3 is 0 Å². The van der Waals surface area contributed by atoms with Crippen LogP contribution < -0.4 is 10.2 Å². The van der Waals surface area contributed by atoms with Gasteiger partial charge in [0.25, 0.3) is 0 Å². The average molecular weight is 436 g/mol. The lowest BCUT2D eigenvalue weighted by molar-refractivity contribution is -0.119. The summed E-state index contributed by atoms with van der Waals surface area (Å²) in [5.41, 5.74) is 3.06. The standard InChI is InChI=1S/C24H29N5OS/c1-28(2)21-15-9-10-18(16-21)23-26-27-24(29(23)20-13-7-4-8-14-20)31-17-22(30)25-19-11-5-3-6-12-19/h4,7-10,13-16,19H,3,5-6,11-12,17H2,1-2H3,(H,25,30). The molecule has 1 saturated carbocycles. The zero-order chi connectivity index (χ0) is 21.6.